The van der Waals surface area contributed by atoms with Crippen molar-refractivity contribution in [1.82, 2.24) is 4.98 Å². The number of carboxylic acids is 1. The van der Waals surface area contributed by atoms with Crippen LogP contribution in [0.2, 0.25) is 5.02 Å². The van der Waals surface area contributed by atoms with Crippen LogP contribution >= 0.6 is 22.9 Å². The Morgan fingerprint density at radius 2 is 1.97 bits per heavy atom. The topological polar surface area (TPSA) is 76.5 Å². The maximum absolute atomic E-state index is 12.4. The van der Waals surface area contributed by atoms with Crippen LogP contribution in [0.3, 0.4) is 0 Å². The van der Waals surface area contributed by atoms with E-state index in [1.165, 1.54) is 16.9 Å². The Morgan fingerprint density at radius 1 is 1.16 bits per heavy atom. The number of ketones is 1. The van der Waals surface area contributed by atoms with Crippen LogP contribution < -0.4 is 0 Å². The molecule has 0 unspecified atom stereocenters. The first-order valence-corrected chi connectivity index (χ1v) is 11.2. The van der Waals surface area contributed by atoms with Crippen molar-refractivity contribution < 1.29 is 19.4 Å². The van der Waals surface area contributed by atoms with Crippen LogP contribution in [0.25, 0.3) is 21.7 Å². The van der Waals surface area contributed by atoms with E-state index in [1.807, 2.05) is 29.6 Å². The molecule has 0 saturated heterocycles. The summed E-state index contributed by atoms with van der Waals surface area (Å²) in [4.78, 5) is 28.4. The van der Waals surface area contributed by atoms with Gasteiger partial charge in [0.15, 0.2) is 0 Å². The molecular weight excluding hydrogens is 434 g/mol. The van der Waals surface area contributed by atoms with Gasteiger partial charge < -0.3 is 9.84 Å². The second-order valence-electron chi connectivity index (χ2n) is 8.35. The normalized spacial score (nSPS) is 13.3. The molecular formula is C24H22ClNO4S. The number of thiazole rings is 1. The average Bonchev–Trinajstić information content (AvgIpc) is 3.36. The molecule has 1 N–H and O–H groups in total. The van der Waals surface area contributed by atoms with Crippen molar-refractivity contribution in [1.29, 1.82) is 0 Å². The summed E-state index contributed by atoms with van der Waals surface area (Å²) >= 11 is 7.79. The molecule has 1 aliphatic rings. The van der Waals surface area contributed by atoms with Crippen molar-refractivity contribution in [3.63, 3.8) is 0 Å². The number of carboxylic acid groups (broad SMARTS) is 1. The van der Waals surface area contributed by atoms with E-state index in [4.69, 9.17) is 16.3 Å². The molecule has 0 radical (unpaired) electrons. The molecule has 0 saturated carbocycles. The van der Waals surface area contributed by atoms with E-state index in [-0.39, 0.29) is 18.6 Å². The molecule has 0 atom stereocenters. The zero-order valence-electron chi connectivity index (χ0n) is 17.3. The Labute approximate surface area is 189 Å². The quantitative estimate of drug-likeness (QED) is 0.489. The smallest absolute Gasteiger partial charge is 0.309 e. The number of hydrogen-bond donors (Lipinski definition) is 1. The van der Waals surface area contributed by atoms with Gasteiger partial charge >= 0.3 is 5.97 Å². The molecule has 7 heteroatoms. The summed E-state index contributed by atoms with van der Waals surface area (Å²) in [5.41, 5.74) is 4.89. The Hall–Kier alpha value is -2.54. The predicted octanol–water partition coefficient (Wildman–Crippen LogP) is 5.77. The summed E-state index contributed by atoms with van der Waals surface area (Å²) in [6, 6.07) is 11.9. The third-order valence-electron chi connectivity index (χ3n) is 5.43. The van der Waals surface area contributed by atoms with Gasteiger partial charge in [-0.3, -0.25) is 9.59 Å². The largest absolute Gasteiger partial charge is 0.481 e. The number of carbonyl (C=O) groups excluding carboxylic acids is 1. The Bertz CT molecular complexity index is 1170. The van der Waals surface area contributed by atoms with Crippen molar-refractivity contribution in [2.45, 2.75) is 39.9 Å². The fourth-order valence-electron chi connectivity index (χ4n) is 3.73. The minimum atomic E-state index is -1.09. The minimum absolute atomic E-state index is 0.0302. The van der Waals surface area contributed by atoms with E-state index in [0.29, 0.717) is 23.9 Å². The highest BCUT2D eigenvalue weighted by Gasteiger charge is 2.30. The number of hydrogen-bond acceptors (Lipinski definition) is 5. The van der Waals surface area contributed by atoms with E-state index >= 15 is 0 Å². The third-order valence-corrected chi connectivity index (χ3v) is 6.59. The first-order chi connectivity index (χ1) is 14.7. The van der Waals surface area contributed by atoms with E-state index in [2.05, 4.69) is 17.1 Å². The summed E-state index contributed by atoms with van der Waals surface area (Å²) in [5, 5.41) is 12.5. The number of ether oxygens (including phenoxy) is 1. The Morgan fingerprint density at radius 3 is 2.74 bits per heavy atom. The van der Waals surface area contributed by atoms with Crippen LogP contribution in [-0.4, -0.2) is 21.8 Å². The summed E-state index contributed by atoms with van der Waals surface area (Å²) in [5.74, 6) is -1.12. The van der Waals surface area contributed by atoms with Gasteiger partial charge in [-0.15, -0.1) is 11.3 Å². The van der Waals surface area contributed by atoms with Gasteiger partial charge in [-0.05, 0) is 54.3 Å². The number of benzene rings is 2. The van der Waals surface area contributed by atoms with Crippen LogP contribution in [0.5, 0.6) is 0 Å². The number of fused-ring (bicyclic) bond motifs is 1. The van der Waals surface area contributed by atoms with Crippen LogP contribution in [0, 0.1) is 5.41 Å². The van der Waals surface area contributed by atoms with Crippen LogP contribution in [0.1, 0.15) is 37.1 Å². The Balaban J connectivity index is 1.64. The fourth-order valence-corrected chi connectivity index (χ4v) is 4.76. The highest BCUT2D eigenvalue weighted by molar-refractivity contribution is 7.13. The molecule has 2 aromatic carbocycles. The molecule has 2 heterocycles. The van der Waals surface area contributed by atoms with Gasteiger partial charge in [0, 0.05) is 28.8 Å². The first-order valence-electron chi connectivity index (χ1n) is 9.93. The molecule has 0 fully saturated rings. The van der Waals surface area contributed by atoms with Gasteiger partial charge in [-0.25, -0.2) is 4.98 Å². The van der Waals surface area contributed by atoms with Crippen LogP contribution in [0.4, 0.5) is 0 Å². The number of nitrogens with zero attached hydrogens (tertiary/aromatic N) is 1. The lowest BCUT2D eigenvalue weighted by Crippen LogP contribution is -2.27. The summed E-state index contributed by atoms with van der Waals surface area (Å²) in [7, 11) is 0. The molecule has 0 bridgehead atoms. The lowest BCUT2D eigenvalue weighted by atomic mass is 9.86. The van der Waals surface area contributed by atoms with Gasteiger partial charge in [-0.2, -0.15) is 0 Å². The molecule has 1 aliphatic heterocycles. The lowest BCUT2D eigenvalue weighted by molar-refractivity contribution is -0.149. The summed E-state index contributed by atoms with van der Waals surface area (Å²) < 4.78 is 5.63. The number of rotatable bonds is 7. The molecule has 3 aromatic rings. The van der Waals surface area contributed by atoms with Crippen molar-refractivity contribution in [3.05, 3.63) is 63.6 Å². The van der Waals surface area contributed by atoms with Gasteiger partial charge in [0.1, 0.15) is 10.8 Å². The van der Waals surface area contributed by atoms with E-state index in [0.717, 1.165) is 27.3 Å². The van der Waals surface area contributed by atoms with Crippen molar-refractivity contribution in [3.8, 4) is 21.7 Å². The van der Waals surface area contributed by atoms with Crippen molar-refractivity contribution >= 4 is 34.7 Å². The molecule has 31 heavy (non-hydrogen) atoms. The highest BCUT2D eigenvalue weighted by atomic mass is 35.5. The number of carbonyl (C=O) groups is 2. The van der Waals surface area contributed by atoms with Crippen LogP contribution in [0.15, 0.2) is 41.8 Å². The van der Waals surface area contributed by atoms with E-state index in [1.54, 1.807) is 13.8 Å². The second-order valence-corrected chi connectivity index (χ2v) is 9.65. The zero-order chi connectivity index (χ0) is 22.2. The van der Waals surface area contributed by atoms with Crippen molar-refractivity contribution in [2.24, 2.45) is 5.41 Å². The van der Waals surface area contributed by atoms with Crippen molar-refractivity contribution in [2.75, 3.05) is 0 Å². The number of halogens is 1. The Kier molecular flexibility index (Phi) is 5.97. The third kappa shape index (κ3) is 4.56. The summed E-state index contributed by atoms with van der Waals surface area (Å²) in [6.07, 6.45) is 0.0856. The maximum atomic E-state index is 12.4. The first kappa shape index (κ1) is 21.7. The lowest BCUT2D eigenvalue weighted by Gasteiger charge is -2.17. The number of Topliss-reactive ketones (excluding diaryl/α,β-unsaturated/α-hetero) is 1. The summed E-state index contributed by atoms with van der Waals surface area (Å²) in [6.45, 7) is 4.28. The second kappa shape index (κ2) is 8.54. The SMILES string of the molecule is CC(C)(CC(=O)Cc1csc(-c2ccc(Cl)cc2-c2cccc3c2COC3)n1)C(=O)O. The highest BCUT2D eigenvalue weighted by Crippen LogP contribution is 2.39. The molecule has 1 aromatic heterocycles. The zero-order valence-corrected chi connectivity index (χ0v) is 18.8. The molecule has 0 aliphatic carbocycles. The minimum Gasteiger partial charge on any atom is -0.481 e. The van der Waals surface area contributed by atoms with E-state index < -0.39 is 11.4 Å². The molecule has 0 spiro atoms. The average molecular weight is 456 g/mol. The molecule has 5 nitrogen and oxygen atoms in total. The number of aliphatic carboxylic acids is 1. The standard InChI is InChI=1S/C24H22ClNO4S/c1-24(2,23(28)29)10-17(27)9-16-13-31-22(26-16)19-7-6-15(25)8-20(19)18-5-3-4-14-11-30-12-21(14)18/h3-8,13H,9-12H2,1-2H3,(H,28,29). The van der Waals surface area contributed by atoms with E-state index in [9.17, 15) is 14.7 Å². The number of aromatic nitrogens is 1. The van der Waals surface area contributed by atoms with Gasteiger partial charge in [0.2, 0.25) is 0 Å². The van der Waals surface area contributed by atoms with Crippen LogP contribution in [-0.2, 0) is 34.0 Å². The van der Waals surface area contributed by atoms with Gasteiger partial charge in [0.05, 0.1) is 24.3 Å². The van der Waals surface area contributed by atoms with Gasteiger partial charge in [0.25, 0.3) is 0 Å². The molecule has 0 amide bonds. The predicted molar refractivity (Wildman–Crippen MR) is 121 cm³/mol. The monoisotopic (exact) mass is 455 g/mol. The maximum Gasteiger partial charge on any atom is 0.309 e. The fraction of sp³-hybridized carbons (Fsp3) is 0.292. The molecule has 160 valence electrons. The van der Waals surface area contributed by atoms with Gasteiger partial charge in [-0.1, -0.05) is 29.8 Å². The molecule has 4 rings (SSSR count).